The van der Waals surface area contributed by atoms with E-state index in [-0.39, 0.29) is 0 Å². The summed E-state index contributed by atoms with van der Waals surface area (Å²) in [6.07, 6.45) is 2.81. The van der Waals surface area contributed by atoms with E-state index in [2.05, 4.69) is 11.9 Å². The van der Waals surface area contributed by atoms with E-state index in [1.807, 2.05) is 12.3 Å². The Hall–Kier alpha value is -1.31. The SMILES string of the molecule is CC1Cc2ccc(O)cc2C=N1. The minimum Gasteiger partial charge on any atom is -0.508 e. The van der Waals surface area contributed by atoms with Crippen molar-refractivity contribution < 1.29 is 5.11 Å². The molecule has 0 saturated carbocycles. The number of aromatic hydroxyl groups is 1. The zero-order valence-corrected chi connectivity index (χ0v) is 6.99. The third-order valence-corrected chi connectivity index (χ3v) is 2.11. The zero-order valence-electron chi connectivity index (χ0n) is 6.99. The Morgan fingerprint density at radius 2 is 2.33 bits per heavy atom. The summed E-state index contributed by atoms with van der Waals surface area (Å²) in [5.74, 6) is 0.315. The fourth-order valence-electron chi connectivity index (χ4n) is 1.47. The fraction of sp³-hybridized carbons (Fsp3) is 0.300. The number of nitrogens with zero attached hydrogens (tertiary/aromatic N) is 1. The van der Waals surface area contributed by atoms with Gasteiger partial charge in [-0.3, -0.25) is 4.99 Å². The lowest BCUT2D eigenvalue weighted by Crippen LogP contribution is -2.10. The molecular formula is C10H11NO. The summed E-state index contributed by atoms with van der Waals surface area (Å²) in [5, 5.41) is 9.19. The van der Waals surface area contributed by atoms with Crippen LogP contribution in [0.3, 0.4) is 0 Å². The molecule has 0 fully saturated rings. The van der Waals surface area contributed by atoms with Crippen molar-refractivity contribution in [2.24, 2.45) is 4.99 Å². The lowest BCUT2D eigenvalue weighted by Gasteiger charge is -2.14. The van der Waals surface area contributed by atoms with Crippen LogP contribution in [0.15, 0.2) is 23.2 Å². The predicted molar refractivity (Wildman–Crippen MR) is 48.9 cm³/mol. The molecule has 2 heteroatoms. The molecule has 1 aliphatic heterocycles. The van der Waals surface area contributed by atoms with Crippen molar-refractivity contribution in [3.8, 4) is 5.75 Å². The standard InChI is InChI=1S/C10H11NO/c1-7-4-8-2-3-10(12)5-9(8)6-11-7/h2-3,5-7,12H,4H2,1H3. The maximum absolute atomic E-state index is 9.19. The monoisotopic (exact) mass is 161 g/mol. The first-order valence-corrected chi connectivity index (χ1v) is 4.11. The van der Waals surface area contributed by atoms with E-state index < -0.39 is 0 Å². The Morgan fingerprint density at radius 1 is 1.50 bits per heavy atom. The van der Waals surface area contributed by atoms with Crippen molar-refractivity contribution in [1.29, 1.82) is 0 Å². The smallest absolute Gasteiger partial charge is 0.116 e. The molecule has 1 aromatic rings. The molecule has 0 bridgehead atoms. The van der Waals surface area contributed by atoms with Gasteiger partial charge in [-0.1, -0.05) is 6.07 Å². The maximum atomic E-state index is 9.19. The highest BCUT2D eigenvalue weighted by atomic mass is 16.3. The summed E-state index contributed by atoms with van der Waals surface area (Å²) in [7, 11) is 0. The van der Waals surface area contributed by atoms with Gasteiger partial charge in [0.15, 0.2) is 0 Å². The number of hydrogen-bond donors (Lipinski definition) is 1. The van der Waals surface area contributed by atoms with Gasteiger partial charge in [0.05, 0.1) is 6.04 Å². The van der Waals surface area contributed by atoms with E-state index >= 15 is 0 Å². The van der Waals surface area contributed by atoms with E-state index in [4.69, 9.17) is 0 Å². The van der Waals surface area contributed by atoms with E-state index in [0.717, 1.165) is 12.0 Å². The van der Waals surface area contributed by atoms with Gasteiger partial charge in [-0.05, 0) is 36.6 Å². The van der Waals surface area contributed by atoms with Crippen LogP contribution < -0.4 is 0 Å². The molecule has 0 aromatic heterocycles. The van der Waals surface area contributed by atoms with Crippen molar-refractivity contribution in [2.75, 3.05) is 0 Å². The maximum Gasteiger partial charge on any atom is 0.116 e. The molecule has 0 spiro atoms. The molecule has 62 valence electrons. The van der Waals surface area contributed by atoms with E-state index in [9.17, 15) is 5.11 Å². The molecule has 0 aliphatic carbocycles. The highest BCUT2D eigenvalue weighted by Gasteiger charge is 2.10. The van der Waals surface area contributed by atoms with Crippen LogP contribution in [0.4, 0.5) is 0 Å². The number of aliphatic imine (C=N–C) groups is 1. The Kier molecular flexibility index (Phi) is 1.61. The largest absolute Gasteiger partial charge is 0.508 e. The summed E-state index contributed by atoms with van der Waals surface area (Å²) < 4.78 is 0. The molecule has 1 aromatic carbocycles. The molecule has 0 amide bonds. The number of fused-ring (bicyclic) bond motifs is 1. The van der Waals surface area contributed by atoms with Gasteiger partial charge >= 0.3 is 0 Å². The van der Waals surface area contributed by atoms with Gasteiger partial charge in [0.1, 0.15) is 5.75 Å². The van der Waals surface area contributed by atoms with Crippen molar-refractivity contribution in [3.63, 3.8) is 0 Å². The molecule has 1 N–H and O–H groups in total. The van der Waals surface area contributed by atoms with E-state index in [1.54, 1.807) is 12.1 Å². The van der Waals surface area contributed by atoms with Crippen molar-refractivity contribution >= 4 is 6.21 Å². The molecule has 1 unspecified atom stereocenters. The number of phenols is 1. The first-order chi connectivity index (χ1) is 5.75. The quantitative estimate of drug-likeness (QED) is 0.617. The van der Waals surface area contributed by atoms with Gasteiger partial charge in [0.25, 0.3) is 0 Å². The summed E-state index contributed by atoms with van der Waals surface area (Å²) in [6.45, 7) is 2.09. The second-order valence-corrected chi connectivity index (χ2v) is 3.21. The zero-order chi connectivity index (χ0) is 8.55. The highest BCUT2D eigenvalue weighted by molar-refractivity contribution is 5.83. The lowest BCUT2D eigenvalue weighted by molar-refractivity contribution is 0.474. The van der Waals surface area contributed by atoms with E-state index in [0.29, 0.717) is 11.8 Å². The van der Waals surface area contributed by atoms with Crippen molar-refractivity contribution in [2.45, 2.75) is 19.4 Å². The predicted octanol–water partition coefficient (Wildman–Crippen LogP) is 1.76. The first kappa shape index (κ1) is 7.35. The minimum atomic E-state index is 0.315. The van der Waals surface area contributed by atoms with Crippen molar-refractivity contribution in [3.05, 3.63) is 29.3 Å². The summed E-state index contributed by atoms with van der Waals surface area (Å²) in [6, 6.07) is 5.82. The molecule has 0 radical (unpaired) electrons. The van der Waals surface area contributed by atoms with Crippen LogP contribution in [0.1, 0.15) is 18.1 Å². The average molecular weight is 161 g/mol. The first-order valence-electron chi connectivity index (χ1n) is 4.11. The number of benzene rings is 1. The average Bonchev–Trinajstić information content (AvgIpc) is 2.05. The molecule has 2 rings (SSSR count). The normalized spacial score (nSPS) is 20.6. The van der Waals surface area contributed by atoms with Crippen LogP contribution in [-0.4, -0.2) is 17.4 Å². The Bertz CT molecular complexity index is 331. The molecule has 12 heavy (non-hydrogen) atoms. The van der Waals surface area contributed by atoms with Gasteiger partial charge in [0.2, 0.25) is 0 Å². The summed E-state index contributed by atoms with van der Waals surface area (Å²) in [4.78, 5) is 4.28. The molecule has 1 aliphatic rings. The van der Waals surface area contributed by atoms with Crippen LogP contribution in [0, 0.1) is 0 Å². The Labute approximate surface area is 71.6 Å². The van der Waals surface area contributed by atoms with Gasteiger partial charge in [0, 0.05) is 6.21 Å². The van der Waals surface area contributed by atoms with Crippen LogP contribution in [0.2, 0.25) is 0 Å². The Morgan fingerprint density at radius 3 is 3.17 bits per heavy atom. The van der Waals surface area contributed by atoms with Gasteiger partial charge in [-0.25, -0.2) is 0 Å². The molecular weight excluding hydrogens is 150 g/mol. The minimum absolute atomic E-state index is 0.315. The van der Waals surface area contributed by atoms with Crippen LogP contribution in [0.5, 0.6) is 5.75 Å². The summed E-state index contributed by atoms with van der Waals surface area (Å²) in [5.41, 5.74) is 2.32. The molecule has 1 atom stereocenters. The fourth-order valence-corrected chi connectivity index (χ4v) is 1.47. The Balaban J connectivity index is 2.47. The van der Waals surface area contributed by atoms with Crippen LogP contribution in [-0.2, 0) is 6.42 Å². The molecule has 2 nitrogen and oxygen atoms in total. The van der Waals surface area contributed by atoms with E-state index in [1.165, 1.54) is 5.56 Å². The summed E-state index contributed by atoms with van der Waals surface area (Å²) >= 11 is 0. The number of rotatable bonds is 0. The highest BCUT2D eigenvalue weighted by Crippen LogP contribution is 2.20. The topological polar surface area (TPSA) is 32.6 Å². The third kappa shape index (κ3) is 1.20. The van der Waals surface area contributed by atoms with Gasteiger partial charge in [-0.15, -0.1) is 0 Å². The third-order valence-electron chi connectivity index (χ3n) is 2.11. The van der Waals surface area contributed by atoms with Gasteiger partial charge in [-0.2, -0.15) is 0 Å². The second kappa shape index (κ2) is 2.63. The van der Waals surface area contributed by atoms with Crippen LogP contribution in [0.25, 0.3) is 0 Å². The second-order valence-electron chi connectivity index (χ2n) is 3.21. The number of phenolic OH excluding ortho intramolecular Hbond substituents is 1. The van der Waals surface area contributed by atoms with Crippen molar-refractivity contribution in [1.82, 2.24) is 0 Å². The van der Waals surface area contributed by atoms with Gasteiger partial charge < -0.3 is 5.11 Å². The molecule has 0 saturated heterocycles. The van der Waals surface area contributed by atoms with Crippen LogP contribution >= 0.6 is 0 Å². The lowest BCUT2D eigenvalue weighted by atomic mass is 9.99. The molecule has 1 heterocycles. The number of hydrogen-bond acceptors (Lipinski definition) is 2.